The van der Waals surface area contributed by atoms with Crippen molar-refractivity contribution in [2.45, 2.75) is 13.1 Å². The summed E-state index contributed by atoms with van der Waals surface area (Å²) in [5.41, 5.74) is 0.866. The molecule has 0 spiro atoms. The van der Waals surface area contributed by atoms with E-state index in [1.807, 2.05) is 5.43 Å². The summed E-state index contributed by atoms with van der Waals surface area (Å²) in [5.74, 6) is 5.47. The van der Waals surface area contributed by atoms with Crippen molar-refractivity contribution in [2.24, 2.45) is 5.84 Å². The van der Waals surface area contributed by atoms with Gasteiger partial charge >= 0.3 is 6.18 Å². The van der Waals surface area contributed by atoms with Crippen molar-refractivity contribution in [3.05, 3.63) is 11.8 Å². The molecule has 1 atom stereocenters. The van der Waals surface area contributed by atoms with E-state index >= 15 is 0 Å². The van der Waals surface area contributed by atoms with Crippen LogP contribution in [0.2, 0.25) is 0 Å². The lowest BCUT2D eigenvalue weighted by molar-refractivity contribution is -0.141. The van der Waals surface area contributed by atoms with E-state index in [0.29, 0.717) is 11.5 Å². The van der Waals surface area contributed by atoms with Gasteiger partial charge in [-0.3, -0.25) is 9.63 Å². The minimum Gasteiger partial charge on any atom is -0.369 e. The van der Waals surface area contributed by atoms with E-state index in [1.54, 1.807) is 6.92 Å². The number of nitrogens with one attached hydrogen (secondary N) is 2. The SMILES string of the molecule is CCS(=O)CCNc1cc(C(F)(F)F)nc(NN)n1. The fourth-order valence-electron chi connectivity index (χ4n) is 1.18. The van der Waals surface area contributed by atoms with E-state index in [9.17, 15) is 17.4 Å². The molecule has 19 heavy (non-hydrogen) atoms. The summed E-state index contributed by atoms with van der Waals surface area (Å²) < 4.78 is 48.8. The molecule has 1 rings (SSSR count). The summed E-state index contributed by atoms with van der Waals surface area (Å²) in [6.07, 6.45) is -4.59. The van der Waals surface area contributed by atoms with E-state index in [4.69, 9.17) is 5.84 Å². The van der Waals surface area contributed by atoms with Gasteiger partial charge in [0.15, 0.2) is 5.69 Å². The Morgan fingerprint density at radius 1 is 1.42 bits per heavy atom. The fourth-order valence-corrected chi connectivity index (χ4v) is 1.80. The van der Waals surface area contributed by atoms with Crippen molar-refractivity contribution in [3.8, 4) is 0 Å². The Bertz CT molecular complexity index is 454. The van der Waals surface area contributed by atoms with Crippen molar-refractivity contribution in [1.82, 2.24) is 9.97 Å². The average molecular weight is 297 g/mol. The van der Waals surface area contributed by atoms with Gasteiger partial charge in [0.25, 0.3) is 0 Å². The predicted octanol–water partition coefficient (Wildman–Crippen LogP) is 0.962. The third-order valence-electron chi connectivity index (χ3n) is 2.10. The summed E-state index contributed by atoms with van der Waals surface area (Å²) in [6.45, 7) is 2.01. The fraction of sp³-hybridized carbons (Fsp3) is 0.556. The molecule has 0 saturated heterocycles. The molecular formula is C9H14F3N5OS. The predicted molar refractivity (Wildman–Crippen MR) is 66.9 cm³/mol. The smallest absolute Gasteiger partial charge is 0.369 e. The molecule has 1 unspecified atom stereocenters. The highest BCUT2D eigenvalue weighted by atomic mass is 32.2. The Morgan fingerprint density at radius 2 is 2.11 bits per heavy atom. The van der Waals surface area contributed by atoms with Crippen LogP contribution in [0, 0.1) is 0 Å². The molecule has 0 aliphatic rings. The molecule has 0 aliphatic carbocycles. The van der Waals surface area contributed by atoms with Crippen LogP contribution in [-0.4, -0.2) is 32.2 Å². The van der Waals surface area contributed by atoms with Gasteiger partial charge in [-0.05, 0) is 0 Å². The summed E-state index contributed by atoms with van der Waals surface area (Å²) in [5, 5.41) is 2.66. The zero-order valence-corrected chi connectivity index (χ0v) is 10.9. The molecule has 4 N–H and O–H groups in total. The molecule has 0 aliphatic heterocycles. The van der Waals surface area contributed by atoms with Crippen molar-refractivity contribution in [1.29, 1.82) is 0 Å². The van der Waals surface area contributed by atoms with E-state index in [-0.39, 0.29) is 18.3 Å². The first-order chi connectivity index (χ1) is 8.86. The first kappa shape index (κ1) is 15.6. The Labute approximate surface area is 110 Å². The topological polar surface area (TPSA) is 92.9 Å². The van der Waals surface area contributed by atoms with Gasteiger partial charge in [0.2, 0.25) is 5.95 Å². The zero-order valence-electron chi connectivity index (χ0n) is 10.1. The minimum absolute atomic E-state index is 0.0246. The van der Waals surface area contributed by atoms with Crippen molar-refractivity contribution >= 4 is 22.6 Å². The number of nitrogens with zero attached hydrogens (tertiary/aromatic N) is 2. The van der Waals surface area contributed by atoms with Crippen LogP contribution >= 0.6 is 0 Å². The Balaban J connectivity index is 2.80. The number of aromatic nitrogens is 2. The quantitative estimate of drug-likeness (QED) is 0.535. The third-order valence-corrected chi connectivity index (χ3v) is 3.41. The Kier molecular flexibility index (Phi) is 5.48. The molecule has 10 heteroatoms. The number of nitrogens with two attached hydrogens (primary N) is 1. The van der Waals surface area contributed by atoms with Crippen molar-refractivity contribution in [3.63, 3.8) is 0 Å². The van der Waals surface area contributed by atoms with Crippen LogP contribution in [0.1, 0.15) is 12.6 Å². The van der Waals surface area contributed by atoms with Crippen LogP contribution in [0.4, 0.5) is 24.9 Å². The standard InChI is InChI=1S/C9H14F3N5OS/c1-2-19(18)4-3-14-7-5-6(9(10,11)12)15-8(16-7)17-13/h5H,2-4,13H2,1H3,(H2,14,15,16,17). The second kappa shape index (κ2) is 6.66. The van der Waals surface area contributed by atoms with E-state index in [2.05, 4.69) is 15.3 Å². The Morgan fingerprint density at radius 3 is 2.63 bits per heavy atom. The van der Waals surface area contributed by atoms with Crippen LogP contribution < -0.4 is 16.6 Å². The molecule has 0 bridgehead atoms. The first-order valence-electron chi connectivity index (χ1n) is 5.38. The molecular weight excluding hydrogens is 283 g/mol. The third kappa shape index (κ3) is 4.99. The van der Waals surface area contributed by atoms with Crippen LogP contribution in [0.25, 0.3) is 0 Å². The van der Waals surface area contributed by atoms with E-state index in [0.717, 1.165) is 6.07 Å². The molecule has 1 aromatic rings. The molecule has 108 valence electrons. The zero-order chi connectivity index (χ0) is 14.5. The Hall–Kier alpha value is -1.42. The lowest BCUT2D eigenvalue weighted by atomic mass is 10.4. The number of alkyl halides is 3. The second-order valence-corrected chi connectivity index (χ2v) is 5.33. The van der Waals surface area contributed by atoms with E-state index < -0.39 is 22.7 Å². The van der Waals surface area contributed by atoms with Gasteiger partial charge in [0.05, 0.1) is 0 Å². The van der Waals surface area contributed by atoms with E-state index in [1.165, 1.54) is 0 Å². The highest BCUT2D eigenvalue weighted by Gasteiger charge is 2.33. The molecule has 6 nitrogen and oxygen atoms in total. The number of hydrogen-bond donors (Lipinski definition) is 3. The van der Waals surface area contributed by atoms with Crippen LogP contribution in [0.3, 0.4) is 0 Å². The first-order valence-corrected chi connectivity index (χ1v) is 6.87. The van der Waals surface area contributed by atoms with Crippen molar-refractivity contribution < 1.29 is 17.4 Å². The van der Waals surface area contributed by atoms with Gasteiger partial charge in [-0.1, -0.05) is 6.92 Å². The minimum atomic E-state index is -4.59. The number of nitrogen functional groups attached to an aromatic ring is 1. The maximum Gasteiger partial charge on any atom is 0.433 e. The van der Waals surface area contributed by atoms with Gasteiger partial charge in [-0.25, -0.2) is 10.8 Å². The number of hydrazine groups is 1. The van der Waals surface area contributed by atoms with Gasteiger partial charge in [-0.15, -0.1) is 0 Å². The van der Waals surface area contributed by atoms with Gasteiger partial charge in [0.1, 0.15) is 5.82 Å². The van der Waals surface area contributed by atoms with Crippen LogP contribution in [-0.2, 0) is 17.0 Å². The summed E-state index contributed by atoms with van der Waals surface area (Å²) in [7, 11) is -0.999. The largest absolute Gasteiger partial charge is 0.433 e. The highest BCUT2D eigenvalue weighted by molar-refractivity contribution is 7.84. The molecule has 0 aromatic carbocycles. The monoisotopic (exact) mass is 297 g/mol. The number of anilines is 2. The molecule has 0 amide bonds. The lowest BCUT2D eigenvalue weighted by Crippen LogP contribution is -2.18. The lowest BCUT2D eigenvalue weighted by Gasteiger charge is -2.11. The van der Waals surface area contributed by atoms with Gasteiger partial charge in [0, 0.05) is 34.9 Å². The molecule has 1 heterocycles. The number of hydrogen-bond acceptors (Lipinski definition) is 6. The number of rotatable bonds is 6. The maximum absolute atomic E-state index is 12.6. The average Bonchev–Trinajstić information content (AvgIpc) is 2.37. The van der Waals surface area contributed by atoms with Crippen LogP contribution in [0.5, 0.6) is 0 Å². The molecule has 0 saturated carbocycles. The van der Waals surface area contributed by atoms with Crippen molar-refractivity contribution in [2.75, 3.05) is 28.8 Å². The highest BCUT2D eigenvalue weighted by Crippen LogP contribution is 2.29. The maximum atomic E-state index is 12.6. The second-order valence-electron chi connectivity index (χ2n) is 3.46. The summed E-state index contributed by atoms with van der Waals surface area (Å²) in [6, 6.07) is 0.774. The molecule has 1 aromatic heterocycles. The normalized spacial score (nSPS) is 13.1. The number of halogens is 3. The summed E-state index contributed by atoms with van der Waals surface area (Å²) >= 11 is 0. The molecule has 0 fully saturated rings. The van der Waals surface area contributed by atoms with Gasteiger partial charge in [-0.2, -0.15) is 18.2 Å². The molecule has 0 radical (unpaired) electrons. The summed E-state index contributed by atoms with van der Waals surface area (Å²) in [4.78, 5) is 6.94. The van der Waals surface area contributed by atoms with Crippen LogP contribution in [0.15, 0.2) is 6.07 Å². The van der Waals surface area contributed by atoms with Gasteiger partial charge < -0.3 is 5.32 Å².